The van der Waals surface area contributed by atoms with Crippen LogP contribution in [0.5, 0.6) is 11.5 Å². The first-order valence-corrected chi connectivity index (χ1v) is 7.43. The predicted octanol–water partition coefficient (Wildman–Crippen LogP) is 3.49. The maximum Gasteiger partial charge on any atom is 0.343 e. The lowest BCUT2D eigenvalue weighted by molar-refractivity contribution is -0.137. The zero-order valence-corrected chi connectivity index (χ0v) is 13.5. The van der Waals surface area contributed by atoms with Crippen LogP contribution in [-0.2, 0) is 9.53 Å². The number of hydrogen-bond donors (Lipinski definition) is 0. The van der Waals surface area contributed by atoms with E-state index in [1.165, 1.54) is 6.08 Å². The van der Waals surface area contributed by atoms with Gasteiger partial charge in [0.25, 0.3) is 0 Å². The number of rotatable bonds is 6. The van der Waals surface area contributed by atoms with Gasteiger partial charge in [-0.3, -0.25) is 0 Å². The van der Waals surface area contributed by atoms with Gasteiger partial charge in [-0.1, -0.05) is 12.1 Å². The molecule has 5 nitrogen and oxygen atoms in total. The molecule has 2 rings (SSSR count). The molecular formula is C19H18O5. The summed E-state index contributed by atoms with van der Waals surface area (Å²) in [4.78, 5) is 23.3. The molecule has 2 aromatic carbocycles. The summed E-state index contributed by atoms with van der Waals surface area (Å²) >= 11 is 0. The Balaban J connectivity index is 1.97. The first-order chi connectivity index (χ1) is 11.6. The predicted molar refractivity (Wildman–Crippen MR) is 90.1 cm³/mol. The van der Waals surface area contributed by atoms with Crippen molar-refractivity contribution in [3.05, 3.63) is 65.7 Å². The van der Waals surface area contributed by atoms with E-state index in [0.29, 0.717) is 23.7 Å². The average molecular weight is 326 g/mol. The van der Waals surface area contributed by atoms with Crippen LogP contribution in [0.25, 0.3) is 6.08 Å². The number of esters is 2. The van der Waals surface area contributed by atoms with Crippen molar-refractivity contribution in [2.75, 3.05) is 13.7 Å². The average Bonchev–Trinajstić information content (AvgIpc) is 2.61. The number of hydrogen-bond acceptors (Lipinski definition) is 5. The van der Waals surface area contributed by atoms with Crippen LogP contribution in [0.1, 0.15) is 22.8 Å². The molecule has 124 valence electrons. The lowest BCUT2D eigenvalue weighted by atomic mass is 10.2. The van der Waals surface area contributed by atoms with Crippen LogP contribution in [0.4, 0.5) is 0 Å². The maximum absolute atomic E-state index is 12.0. The summed E-state index contributed by atoms with van der Waals surface area (Å²) in [6.07, 6.45) is 2.98. The summed E-state index contributed by atoms with van der Waals surface area (Å²) in [5.74, 6) is 0.244. The highest BCUT2D eigenvalue weighted by Crippen LogP contribution is 2.17. The van der Waals surface area contributed by atoms with E-state index in [4.69, 9.17) is 14.2 Å². The molecule has 0 radical (unpaired) electrons. The third-order valence-corrected chi connectivity index (χ3v) is 3.11. The molecule has 5 heteroatoms. The minimum Gasteiger partial charge on any atom is -0.497 e. The largest absolute Gasteiger partial charge is 0.497 e. The molecule has 0 aliphatic rings. The second kappa shape index (κ2) is 8.53. The molecule has 0 aliphatic heterocycles. The van der Waals surface area contributed by atoms with Crippen molar-refractivity contribution in [3.63, 3.8) is 0 Å². The first-order valence-electron chi connectivity index (χ1n) is 7.43. The molecule has 0 aliphatic carbocycles. The van der Waals surface area contributed by atoms with E-state index in [2.05, 4.69) is 0 Å². The van der Waals surface area contributed by atoms with Crippen molar-refractivity contribution in [3.8, 4) is 11.5 Å². The van der Waals surface area contributed by atoms with Crippen molar-refractivity contribution in [2.24, 2.45) is 0 Å². The summed E-state index contributed by atoms with van der Waals surface area (Å²) in [7, 11) is 1.56. The van der Waals surface area contributed by atoms with Gasteiger partial charge >= 0.3 is 11.9 Å². The highest BCUT2D eigenvalue weighted by molar-refractivity contribution is 5.91. The molecule has 2 aromatic rings. The quantitative estimate of drug-likeness (QED) is 0.462. The van der Waals surface area contributed by atoms with Gasteiger partial charge in [0.1, 0.15) is 11.5 Å². The Morgan fingerprint density at radius 2 is 1.58 bits per heavy atom. The van der Waals surface area contributed by atoms with Gasteiger partial charge in [0.05, 0.1) is 19.3 Å². The van der Waals surface area contributed by atoms with Crippen molar-refractivity contribution in [1.29, 1.82) is 0 Å². The fourth-order valence-corrected chi connectivity index (χ4v) is 1.89. The topological polar surface area (TPSA) is 61.8 Å². The van der Waals surface area contributed by atoms with Gasteiger partial charge in [-0.25, -0.2) is 9.59 Å². The molecule has 0 fully saturated rings. The van der Waals surface area contributed by atoms with Crippen LogP contribution in [0.15, 0.2) is 54.6 Å². The monoisotopic (exact) mass is 326 g/mol. The smallest absolute Gasteiger partial charge is 0.343 e. The number of methoxy groups -OCH3 is 1. The Kier molecular flexibility index (Phi) is 6.14. The Bertz CT molecular complexity index is 714. The van der Waals surface area contributed by atoms with Gasteiger partial charge in [-0.15, -0.1) is 0 Å². The molecule has 0 unspecified atom stereocenters. The molecule has 0 spiro atoms. The molecule has 0 amide bonds. The summed E-state index contributed by atoms with van der Waals surface area (Å²) in [6, 6.07) is 13.5. The number of carbonyl (C=O) groups is 2. The second-order valence-corrected chi connectivity index (χ2v) is 4.77. The van der Waals surface area contributed by atoms with E-state index in [9.17, 15) is 9.59 Å². The molecule has 0 saturated carbocycles. The van der Waals surface area contributed by atoms with Crippen LogP contribution in [0, 0.1) is 0 Å². The number of ether oxygens (including phenoxy) is 3. The summed E-state index contributed by atoms with van der Waals surface area (Å²) in [5, 5.41) is 0. The lowest BCUT2D eigenvalue weighted by Crippen LogP contribution is -2.08. The minimum atomic E-state index is -0.451. The summed E-state index contributed by atoms with van der Waals surface area (Å²) in [6.45, 7) is 2.08. The van der Waals surface area contributed by atoms with Crippen molar-refractivity contribution >= 4 is 18.0 Å². The molecule has 0 heterocycles. The number of benzene rings is 2. The van der Waals surface area contributed by atoms with Crippen LogP contribution in [0.3, 0.4) is 0 Å². The fraction of sp³-hybridized carbons (Fsp3) is 0.158. The van der Waals surface area contributed by atoms with Gasteiger partial charge in [-0.05, 0) is 55.0 Å². The van der Waals surface area contributed by atoms with Crippen LogP contribution in [-0.4, -0.2) is 25.7 Å². The highest BCUT2D eigenvalue weighted by Gasteiger charge is 2.08. The first kappa shape index (κ1) is 17.3. The third kappa shape index (κ3) is 4.98. The van der Waals surface area contributed by atoms with Crippen molar-refractivity contribution < 1.29 is 23.8 Å². The van der Waals surface area contributed by atoms with Crippen LogP contribution in [0.2, 0.25) is 0 Å². The fourth-order valence-electron chi connectivity index (χ4n) is 1.89. The van der Waals surface area contributed by atoms with Crippen molar-refractivity contribution in [2.45, 2.75) is 6.92 Å². The van der Waals surface area contributed by atoms with Crippen molar-refractivity contribution in [1.82, 2.24) is 0 Å². The summed E-state index contributed by atoms with van der Waals surface area (Å²) < 4.78 is 15.1. The number of carbonyl (C=O) groups excluding carboxylic acids is 2. The lowest BCUT2D eigenvalue weighted by Gasteiger charge is -2.05. The van der Waals surface area contributed by atoms with E-state index < -0.39 is 11.9 Å². The zero-order chi connectivity index (χ0) is 17.4. The third-order valence-electron chi connectivity index (χ3n) is 3.11. The molecular weight excluding hydrogens is 308 g/mol. The Labute approximate surface area is 140 Å². The van der Waals surface area contributed by atoms with E-state index >= 15 is 0 Å². The van der Waals surface area contributed by atoms with Crippen LogP contribution < -0.4 is 9.47 Å². The highest BCUT2D eigenvalue weighted by atomic mass is 16.5. The van der Waals surface area contributed by atoms with E-state index in [1.807, 2.05) is 0 Å². The molecule has 0 atom stereocenters. The summed E-state index contributed by atoms with van der Waals surface area (Å²) in [5.41, 5.74) is 1.23. The second-order valence-electron chi connectivity index (χ2n) is 4.77. The Hall–Kier alpha value is -3.08. The molecule has 0 aromatic heterocycles. The molecule has 0 N–H and O–H groups in total. The van der Waals surface area contributed by atoms with E-state index in [0.717, 1.165) is 5.56 Å². The standard InChI is InChI=1S/C19H18O5/c1-3-23-18(20)13-6-14-4-9-17(10-5-14)24-19(21)15-7-11-16(22-2)12-8-15/h4-13H,3H2,1-2H3/b13-6+. The Morgan fingerprint density at radius 3 is 2.17 bits per heavy atom. The normalized spacial score (nSPS) is 10.4. The van der Waals surface area contributed by atoms with Gasteiger partial charge in [0, 0.05) is 6.08 Å². The van der Waals surface area contributed by atoms with Gasteiger partial charge in [-0.2, -0.15) is 0 Å². The van der Waals surface area contributed by atoms with Crippen LogP contribution >= 0.6 is 0 Å². The molecule has 24 heavy (non-hydrogen) atoms. The Morgan fingerprint density at radius 1 is 0.958 bits per heavy atom. The van der Waals surface area contributed by atoms with Gasteiger partial charge < -0.3 is 14.2 Å². The molecule has 0 saturated heterocycles. The molecule has 0 bridgehead atoms. The minimum absolute atomic E-state index is 0.337. The van der Waals surface area contributed by atoms with E-state index in [-0.39, 0.29) is 0 Å². The van der Waals surface area contributed by atoms with Gasteiger partial charge in [0.15, 0.2) is 0 Å². The maximum atomic E-state index is 12.0. The van der Waals surface area contributed by atoms with E-state index in [1.54, 1.807) is 68.6 Å². The van der Waals surface area contributed by atoms with Gasteiger partial charge in [0.2, 0.25) is 0 Å². The zero-order valence-electron chi connectivity index (χ0n) is 13.5. The SMILES string of the molecule is CCOC(=O)/C=C/c1ccc(OC(=O)c2ccc(OC)cc2)cc1.